The van der Waals surface area contributed by atoms with E-state index in [9.17, 15) is 18.0 Å². The number of halogens is 4. The summed E-state index contributed by atoms with van der Waals surface area (Å²) in [5.41, 5.74) is 0. The maximum atomic E-state index is 12.7. The lowest BCUT2D eigenvalue weighted by Gasteiger charge is -2.30. The highest BCUT2D eigenvalue weighted by Crippen LogP contribution is 2.40. The molecule has 0 aliphatic heterocycles. The molecule has 0 saturated heterocycles. The van der Waals surface area contributed by atoms with Crippen LogP contribution >= 0.6 is 11.6 Å². The zero-order chi connectivity index (χ0) is 14.8. The maximum Gasteiger partial charge on any atom is 0.391 e. The summed E-state index contributed by atoms with van der Waals surface area (Å²) in [4.78, 5) is 12.0. The van der Waals surface area contributed by atoms with Gasteiger partial charge < -0.3 is 5.32 Å². The average Bonchev–Trinajstić information content (AvgIpc) is 2.81. The van der Waals surface area contributed by atoms with Crippen molar-refractivity contribution < 1.29 is 18.0 Å². The van der Waals surface area contributed by atoms with Gasteiger partial charge in [-0.3, -0.25) is 4.79 Å². The minimum atomic E-state index is -4.17. The van der Waals surface area contributed by atoms with Gasteiger partial charge in [0.05, 0.1) is 5.92 Å². The summed E-state index contributed by atoms with van der Waals surface area (Å²) in [5.74, 6) is -1.63. The van der Waals surface area contributed by atoms with Gasteiger partial charge in [-0.05, 0) is 44.4 Å². The van der Waals surface area contributed by atoms with E-state index in [1.165, 1.54) is 0 Å². The van der Waals surface area contributed by atoms with Crippen molar-refractivity contribution in [2.45, 2.75) is 56.5 Å². The van der Waals surface area contributed by atoms with Crippen LogP contribution in [-0.4, -0.2) is 24.0 Å². The van der Waals surface area contributed by atoms with Crippen molar-refractivity contribution in [2.24, 2.45) is 17.8 Å². The standard InChI is InChI=1S/C14H21ClF3NO/c15-12-5-4-9(6-12)8-19-13(20)10-2-1-3-11(7-10)14(16,17)18/h9-12H,1-8H2,(H,19,20). The Morgan fingerprint density at radius 1 is 1.15 bits per heavy atom. The van der Waals surface area contributed by atoms with Crippen molar-refractivity contribution in [3.8, 4) is 0 Å². The molecule has 0 spiro atoms. The number of nitrogens with one attached hydrogen (secondary N) is 1. The molecule has 0 radical (unpaired) electrons. The molecule has 4 unspecified atom stereocenters. The Balaban J connectivity index is 1.77. The number of hydrogen-bond acceptors (Lipinski definition) is 1. The first kappa shape index (κ1) is 15.9. The van der Waals surface area contributed by atoms with E-state index in [1.807, 2.05) is 0 Å². The Kier molecular flexibility index (Phi) is 5.21. The van der Waals surface area contributed by atoms with Crippen molar-refractivity contribution in [3.05, 3.63) is 0 Å². The number of alkyl halides is 4. The fourth-order valence-corrected chi connectivity index (χ4v) is 3.69. The molecule has 1 N–H and O–H groups in total. The van der Waals surface area contributed by atoms with E-state index in [2.05, 4.69) is 5.32 Å². The first-order valence-corrected chi connectivity index (χ1v) is 7.78. The van der Waals surface area contributed by atoms with Crippen molar-refractivity contribution in [1.82, 2.24) is 5.32 Å². The number of hydrogen-bond donors (Lipinski definition) is 1. The first-order valence-electron chi connectivity index (χ1n) is 7.34. The van der Waals surface area contributed by atoms with E-state index in [-0.39, 0.29) is 24.1 Å². The minimum absolute atomic E-state index is 0.0574. The Hall–Kier alpha value is -0.450. The van der Waals surface area contributed by atoms with E-state index in [0.717, 1.165) is 19.3 Å². The number of rotatable bonds is 3. The first-order chi connectivity index (χ1) is 9.36. The van der Waals surface area contributed by atoms with Crippen LogP contribution in [0.2, 0.25) is 0 Å². The predicted molar refractivity (Wildman–Crippen MR) is 71.5 cm³/mol. The molecule has 2 rings (SSSR count). The quantitative estimate of drug-likeness (QED) is 0.787. The van der Waals surface area contributed by atoms with Gasteiger partial charge in [0.25, 0.3) is 0 Å². The minimum Gasteiger partial charge on any atom is -0.356 e. The highest BCUT2D eigenvalue weighted by Gasteiger charge is 2.43. The van der Waals surface area contributed by atoms with Crippen LogP contribution in [0.3, 0.4) is 0 Å². The maximum absolute atomic E-state index is 12.7. The van der Waals surface area contributed by atoms with Crippen LogP contribution in [0, 0.1) is 17.8 Å². The highest BCUT2D eigenvalue weighted by molar-refractivity contribution is 6.20. The van der Waals surface area contributed by atoms with Crippen LogP contribution < -0.4 is 5.32 Å². The van der Waals surface area contributed by atoms with Gasteiger partial charge in [0.15, 0.2) is 0 Å². The van der Waals surface area contributed by atoms with Crippen LogP contribution in [-0.2, 0) is 4.79 Å². The van der Waals surface area contributed by atoms with Gasteiger partial charge >= 0.3 is 6.18 Å². The topological polar surface area (TPSA) is 29.1 Å². The van der Waals surface area contributed by atoms with Crippen molar-refractivity contribution in [3.63, 3.8) is 0 Å². The molecule has 2 saturated carbocycles. The van der Waals surface area contributed by atoms with Gasteiger partial charge in [-0.1, -0.05) is 6.42 Å². The molecule has 4 atom stereocenters. The number of carbonyl (C=O) groups excluding carboxylic acids is 1. The number of carbonyl (C=O) groups is 1. The lowest BCUT2D eigenvalue weighted by atomic mass is 9.80. The molecule has 0 bridgehead atoms. The molecular weight excluding hydrogens is 291 g/mol. The van der Waals surface area contributed by atoms with Gasteiger partial charge in [0.1, 0.15) is 0 Å². The molecule has 0 aromatic heterocycles. The lowest BCUT2D eigenvalue weighted by molar-refractivity contribution is -0.186. The van der Waals surface area contributed by atoms with Crippen LogP contribution in [0.1, 0.15) is 44.9 Å². The summed E-state index contributed by atoms with van der Waals surface area (Å²) in [5, 5.41) is 3.00. The largest absolute Gasteiger partial charge is 0.391 e. The molecule has 0 heterocycles. The summed E-state index contributed by atoms with van der Waals surface area (Å²) in [7, 11) is 0. The Morgan fingerprint density at radius 2 is 1.90 bits per heavy atom. The Morgan fingerprint density at radius 3 is 2.50 bits per heavy atom. The van der Waals surface area contributed by atoms with E-state index in [4.69, 9.17) is 11.6 Å². The molecule has 2 aliphatic rings. The molecule has 1 amide bonds. The highest BCUT2D eigenvalue weighted by atomic mass is 35.5. The molecule has 0 aromatic rings. The van der Waals surface area contributed by atoms with E-state index in [0.29, 0.717) is 25.3 Å². The third-order valence-electron chi connectivity index (χ3n) is 4.55. The zero-order valence-electron chi connectivity index (χ0n) is 11.4. The van der Waals surface area contributed by atoms with Crippen LogP contribution in [0.25, 0.3) is 0 Å². The second-order valence-electron chi connectivity index (χ2n) is 6.12. The summed E-state index contributed by atoms with van der Waals surface area (Å²) >= 11 is 6.00. The van der Waals surface area contributed by atoms with Crippen molar-refractivity contribution in [2.75, 3.05) is 6.54 Å². The van der Waals surface area contributed by atoms with E-state index >= 15 is 0 Å². The third kappa shape index (κ3) is 4.27. The van der Waals surface area contributed by atoms with E-state index in [1.54, 1.807) is 0 Å². The molecule has 2 fully saturated rings. The Bertz CT molecular complexity index is 348. The van der Waals surface area contributed by atoms with E-state index < -0.39 is 18.0 Å². The lowest BCUT2D eigenvalue weighted by Crippen LogP contribution is -2.38. The van der Waals surface area contributed by atoms with Gasteiger partial charge in [-0.2, -0.15) is 13.2 Å². The third-order valence-corrected chi connectivity index (χ3v) is 4.95. The van der Waals surface area contributed by atoms with Gasteiger partial charge in [0, 0.05) is 17.8 Å². The van der Waals surface area contributed by atoms with Gasteiger partial charge in [0.2, 0.25) is 5.91 Å². The van der Waals surface area contributed by atoms with Gasteiger partial charge in [-0.15, -0.1) is 11.6 Å². The summed E-state index contributed by atoms with van der Waals surface area (Å²) in [6.07, 6.45) is -0.182. The molecule has 20 heavy (non-hydrogen) atoms. The summed E-state index contributed by atoms with van der Waals surface area (Å²) in [6, 6.07) is 0. The fraction of sp³-hybridized carbons (Fsp3) is 0.929. The monoisotopic (exact) mass is 311 g/mol. The van der Waals surface area contributed by atoms with Crippen molar-refractivity contribution in [1.29, 1.82) is 0 Å². The molecule has 116 valence electrons. The molecule has 2 nitrogen and oxygen atoms in total. The zero-order valence-corrected chi connectivity index (χ0v) is 12.1. The molecule has 2 aliphatic carbocycles. The molecule has 0 aromatic carbocycles. The second-order valence-corrected chi connectivity index (χ2v) is 6.74. The van der Waals surface area contributed by atoms with Crippen LogP contribution in [0.4, 0.5) is 13.2 Å². The summed E-state index contributed by atoms with van der Waals surface area (Å²) in [6.45, 7) is 0.551. The Labute approximate surface area is 122 Å². The normalized spacial score (nSPS) is 35.0. The molecular formula is C14H21ClF3NO. The van der Waals surface area contributed by atoms with Crippen LogP contribution in [0.5, 0.6) is 0 Å². The smallest absolute Gasteiger partial charge is 0.356 e. The molecule has 6 heteroatoms. The average molecular weight is 312 g/mol. The number of amides is 1. The summed E-state index contributed by atoms with van der Waals surface area (Å²) < 4.78 is 38.1. The fourth-order valence-electron chi connectivity index (χ4n) is 3.31. The second kappa shape index (κ2) is 6.54. The van der Waals surface area contributed by atoms with Crippen molar-refractivity contribution >= 4 is 17.5 Å². The SMILES string of the molecule is O=C(NCC1CCC(Cl)C1)C1CCCC(C(F)(F)F)C1. The van der Waals surface area contributed by atoms with Gasteiger partial charge in [-0.25, -0.2) is 0 Å². The van der Waals surface area contributed by atoms with Crippen LogP contribution in [0.15, 0.2) is 0 Å². The predicted octanol–water partition coefficient (Wildman–Crippen LogP) is 3.88.